The van der Waals surface area contributed by atoms with Crippen LogP contribution in [-0.2, 0) is 4.79 Å². The highest BCUT2D eigenvalue weighted by Crippen LogP contribution is 2.43. The minimum Gasteiger partial charge on any atom is -0.335 e. The molecule has 0 bridgehead atoms. The fourth-order valence-electron chi connectivity index (χ4n) is 3.69. The summed E-state index contributed by atoms with van der Waals surface area (Å²) in [6, 6.07) is 5.64. The molecule has 2 aliphatic rings. The molecule has 2 heterocycles. The van der Waals surface area contributed by atoms with Gasteiger partial charge in [0.1, 0.15) is 5.82 Å². The third kappa shape index (κ3) is 3.49. The highest BCUT2D eigenvalue weighted by molar-refractivity contribution is 5.77. The summed E-state index contributed by atoms with van der Waals surface area (Å²) in [5.74, 6) is -0.588. The maximum absolute atomic E-state index is 13.5. The fourth-order valence-corrected chi connectivity index (χ4v) is 3.69. The summed E-state index contributed by atoms with van der Waals surface area (Å²) in [5, 5.41) is 3.24. The molecule has 0 unspecified atom stereocenters. The predicted molar refractivity (Wildman–Crippen MR) is 76.0 cm³/mol. The first kappa shape index (κ1) is 16.2. The van der Waals surface area contributed by atoms with Crippen LogP contribution < -0.4 is 5.32 Å². The highest BCUT2D eigenvalue weighted by atomic mass is 19.4. The van der Waals surface area contributed by atoms with Crippen LogP contribution in [0.15, 0.2) is 24.3 Å². The molecule has 2 saturated heterocycles. The van der Waals surface area contributed by atoms with Crippen LogP contribution in [0.2, 0.25) is 0 Å². The number of nitrogens with one attached hydrogen (secondary N) is 1. The third-order valence-electron chi connectivity index (χ3n) is 4.70. The molecule has 1 N–H and O–H groups in total. The molecule has 3 nitrogen and oxygen atoms in total. The Morgan fingerprint density at radius 1 is 1.30 bits per heavy atom. The number of hydrogen-bond acceptors (Lipinski definition) is 2. The average molecular weight is 330 g/mol. The Hall–Kier alpha value is -1.63. The summed E-state index contributed by atoms with van der Waals surface area (Å²) in [7, 11) is 0. The molecule has 126 valence electrons. The molecule has 0 saturated carbocycles. The number of likely N-dealkylation sites (tertiary alicyclic amines) is 1. The van der Waals surface area contributed by atoms with Crippen LogP contribution in [0.25, 0.3) is 0 Å². The van der Waals surface area contributed by atoms with E-state index in [1.54, 1.807) is 12.1 Å². The quantitative estimate of drug-likeness (QED) is 0.865. The second-order valence-electron chi connectivity index (χ2n) is 6.24. The van der Waals surface area contributed by atoms with Crippen molar-refractivity contribution in [3.05, 3.63) is 35.6 Å². The average Bonchev–Trinajstić information content (AvgIpc) is 3.04. The van der Waals surface area contributed by atoms with Crippen molar-refractivity contribution in [2.75, 3.05) is 19.6 Å². The number of carbonyl (C=O) groups excluding carboxylic acids is 1. The minimum atomic E-state index is -4.35. The summed E-state index contributed by atoms with van der Waals surface area (Å²) in [6.45, 7) is 1.85. The molecule has 2 aliphatic heterocycles. The van der Waals surface area contributed by atoms with Gasteiger partial charge in [-0.1, -0.05) is 12.1 Å². The summed E-state index contributed by atoms with van der Waals surface area (Å²) in [4.78, 5) is 13.8. The first-order valence-electron chi connectivity index (χ1n) is 7.67. The lowest BCUT2D eigenvalue weighted by molar-refractivity contribution is -0.150. The molecule has 1 amide bonds. The molecule has 0 radical (unpaired) electrons. The second-order valence-corrected chi connectivity index (χ2v) is 6.24. The number of fused-ring (bicyclic) bond motifs is 1. The van der Waals surface area contributed by atoms with Gasteiger partial charge in [-0.3, -0.25) is 4.79 Å². The number of carbonyl (C=O) groups is 1. The van der Waals surface area contributed by atoms with E-state index in [0.717, 1.165) is 6.54 Å². The first-order valence-corrected chi connectivity index (χ1v) is 7.67. The summed E-state index contributed by atoms with van der Waals surface area (Å²) in [6.07, 6.45) is -6.02. The molecular weight excluding hydrogens is 312 g/mol. The van der Waals surface area contributed by atoms with Gasteiger partial charge in [0.2, 0.25) is 5.91 Å². The van der Waals surface area contributed by atoms with Crippen molar-refractivity contribution >= 4 is 5.91 Å². The zero-order valence-corrected chi connectivity index (χ0v) is 12.4. The Bertz CT molecular complexity index is 590. The lowest BCUT2D eigenvalue weighted by atomic mass is 9.89. The third-order valence-corrected chi connectivity index (χ3v) is 4.70. The van der Waals surface area contributed by atoms with E-state index in [4.69, 9.17) is 0 Å². The normalized spacial score (nSPS) is 27.3. The number of benzene rings is 1. The van der Waals surface area contributed by atoms with E-state index >= 15 is 0 Å². The molecule has 1 aromatic rings. The molecule has 3 rings (SSSR count). The number of hydrogen-bond donors (Lipinski definition) is 1. The molecule has 3 atom stereocenters. The van der Waals surface area contributed by atoms with E-state index in [1.165, 1.54) is 17.0 Å². The molecule has 0 aliphatic carbocycles. The van der Waals surface area contributed by atoms with Gasteiger partial charge in [-0.2, -0.15) is 13.2 Å². The van der Waals surface area contributed by atoms with Gasteiger partial charge in [0.25, 0.3) is 0 Å². The number of alkyl halides is 3. The SMILES string of the molecule is O=C(CCC(F)(F)F)N1C[C@@H]2CNC[C@@H]2[C@H]1c1cccc(F)c1. The van der Waals surface area contributed by atoms with Crippen LogP contribution in [0.3, 0.4) is 0 Å². The zero-order valence-electron chi connectivity index (χ0n) is 12.4. The number of amides is 1. The monoisotopic (exact) mass is 330 g/mol. The first-order chi connectivity index (χ1) is 10.8. The van der Waals surface area contributed by atoms with Gasteiger partial charge in [-0.05, 0) is 23.6 Å². The zero-order chi connectivity index (χ0) is 16.6. The van der Waals surface area contributed by atoms with E-state index in [9.17, 15) is 22.4 Å². The maximum Gasteiger partial charge on any atom is 0.389 e. The molecular formula is C16H18F4N2O. The minimum absolute atomic E-state index is 0.117. The Morgan fingerprint density at radius 2 is 2.09 bits per heavy atom. The van der Waals surface area contributed by atoms with Crippen molar-refractivity contribution in [2.45, 2.75) is 25.1 Å². The van der Waals surface area contributed by atoms with Crippen LogP contribution in [-0.4, -0.2) is 36.6 Å². The lowest BCUT2D eigenvalue weighted by Crippen LogP contribution is -2.35. The van der Waals surface area contributed by atoms with E-state index < -0.39 is 30.7 Å². The van der Waals surface area contributed by atoms with Gasteiger partial charge in [0.15, 0.2) is 0 Å². The topological polar surface area (TPSA) is 32.3 Å². The molecule has 23 heavy (non-hydrogen) atoms. The fraction of sp³-hybridized carbons (Fsp3) is 0.562. The van der Waals surface area contributed by atoms with Gasteiger partial charge in [-0.25, -0.2) is 4.39 Å². The van der Waals surface area contributed by atoms with Crippen LogP contribution in [0.4, 0.5) is 17.6 Å². The Kier molecular flexibility index (Phi) is 4.31. The van der Waals surface area contributed by atoms with Crippen molar-refractivity contribution in [1.29, 1.82) is 0 Å². The van der Waals surface area contributed by atoms with Crippen molar-refractivity contribution < 1.29 is 22.4 Å². The summed E-state index contributed by atoms with van der Waals surface area (Å²) >= 11 is 0. The number of nitrogens with zero attached hydrogens (tertiary/aromatic N) is 1. The van der Waals surface area contributed by atoms with Crippen molar-refractivity contribution in [3.63, 3.8) is 0 Å². The van der Waals surface area contributed by atoms with Crippen LogP contribution in [0.5, 0.6) is 0 Å². The van der Waals surface area contributed by atoms with E-state index in [-0.39, 0.29) is 17.9 Å². The van der Waals surface area contributed by atoms with E-state index in [1.807, 2.05) is 0 Å². The van der Waals surface area contributed by atoms with E-state index in [0.29, 0.717) is 18.7 Å². The molecule has 0 spiro atoms. The molecule has 1 aromatic carbocycles. The van der Waals surface area contributed by atoms with Crippen molar-refractivity contribution in [3.8, 4) is 0 Å². The summed E-state index contributed by atoms with van der Waals surface area (Å²) < 4.78 is 50.7. The van der Waals surface area contributed by atoms with Crippen LogP contribution in [0, 0.1) is 17.7 Å². The Balaban J connectivity index is 1.82. The standard InChI is InChI=1S/C16H18F4N2O/c17-12-3-1-2-10(6-12)15-13-8-21-7-11(13)9-22(15)14(23)4-5-16(18,19)20/h1-3,6,11,13,15,21H,4-5,7-9H2/t11-,13-,15+/m0/s1. The van der Waals surface area contributed by atoms with Gasteiger partial charge >= 0.3 is 6.18 Å². The van der Waals surface area contributed by atoms with Crippen molar-refractivity contribution in [2.24, 2.45) is 11.8 Å². The van der Waals surface area contributed by atoms with Gasteiger partial charge < -0.3 is 10.2 Å². The van der Waals surface area contributed by atoms with Crippen LogP contribution in [0.1, 0.15) is 24.4 Å². The lowest BCUT2D eigenvalue weighted by Gasteiger charge is -2.28. The van der Waals surface area contributed by atoms with Gasteiger partial charge in [0, 0.05) is 32.0 Å². The largest absolute Gasteiger partial charge is 0.389 e. The number of halogens is 4. The maximum atomic E-state index is 13.5. The molecule has 7 heteroatoms. The molecule has 2 fully saturated rings. The molecule has 0 aromatic heterocycles. The smallest absolute Gasteiger partial charge is 0.335 e. The van der Waals surface area contributed by atoms with Gasteiger partial charge in [-0.15, -0.1) is 0 Å². The highest BCUT2D eigenvalue weighted by Gasteiger charge is 2.47. The van der Waals surface area contributed by atoms with Crippen LogP contribution >= 0.6 is 0 Å². The summed E-state index contributed by atoms with van der Waals surface area (Å²) in [5.41, 5.74) is 0.654. The number of rotatable bonds is 3. The van der Waals surface area contributed by atoms with Crippen molar-refractivity contribution in [1.82, 2.24) is 10.2 Å². The Morgan fingerprint density at radius 3 is 2.78 bits per heavy atom. The second kappa shape index (κ2) is 6.11. The van der Waals surface area contributed by atoms with E-state index in [2.05, 4.69) is 5.32 Å². The van der Waals surface area contributed by atoms with Gasteiger partial charge in [0.05, 0.1) is 12.5 Å². The Labute approximate surface area is 131 Å². The predicted octanol–water partition coefficient (Wildman–Crippen LogP) is 2.89.